The lowest BCUT2D eigenvalue weighted by Gasteiger charge is -1.99. The number of nitrogens with zero attached hydrogens (tertiary/aromatic N) is 3. The molecule has 0 fully saturated rings. The van der Waals surface area contributed by atoms with E-state index in [0.29, 0.717) is 0 Å². The van der Waals surface area contributed by atoms with Gasteiger partial charge in [0.2, 0.25) is 0 Å². The Morgan fingerprint density at radius 2 is 2.12 bits per heavy atom. The molecule has 2 aromatic heterocycles. The molecule has 0 radical (unpaired) electrons. The van der Waals surface area contributed by atoms with Gasteiger partial charge in [0.15, 0.2) is 5.69 Å². The normalized spacial score (nSPS) is 11.8. The number of alkyl halides is 3. The van der Waals surface area contributed by atoms with Gasteiger partial charge in [0, 0.05) is 13.2 Å². The summed E-state index contributed by atoms with van der Waals surface area (Å²) in [6.45, 7) is 0. The number of aromatic nitrogens is 4. The van der Waals surface area contributed by atoms with Crippen LogP contribution in [-0.2, 0) is 13.2 Å². The molecular formula is C9H7F3N4O. The van der Waals surface area contributed by atoms with Crippen molar-refractivity contribution in [2.24, 2.45) is 7.05 Å². The standard InChI is InChI=1S/C9H7F3N4O/c1-16-6(2-7(15-16)9(10,11)12)5-3-14-8(17)4-13-5/h2-4H,1H3,(H,14,17). The van der Waals surface area contributed by atoms with Crippen LogP contribution in [0.25, 0.3) is 11.4 Å². The topological polar surface area (TPSA) is 63.6 Å². The zero-order chi connectivity index (χ0) is 12.6. The summed E-state index contributed by atoms with van der Waals surface area (Å²) in [6, 6.07) is 0.876. The van der Waals surface area contributed by atoms with Crippen molar-refractivity contribution >= 4 is 0 Å². The highest BCUT2D eigenvalue weighted by Crippen LogP contribution is 2.30. The van der Waals surface area contributed by atoms with Gasteiger partial charge >= 0.3 is 6.18 Å². The highest BCUT2D eigenvalue weighted by molar-refractivity contribution is 5.53. The zero-order valence-electron chi connectivity index (χ0n) is 8.62. The van der Waals surface area contributed by atoms with Crippen molar-refractivity contribution in [3.05, 3.63) is 34.5 Å². The van der Waals surface area contributed by atoms with Crippen LogP contribution in [-0.4, -0.2) is 19.7 Å². The van der Waals surface area contributed by atoms with Gasteiger partial charge in [-0.15, -0.1) is 0 Å². The molecule has 17 heavy (non-hydrogen) atoms. The molecule has 0 atom stereocenters. The second kappa shape index (κ2) is 3.72. The quantitative estimate of drug-likeness (QED) is 0.819. The van der Waals surface area contributed by atoms with Crippen molar-refractivity contribution in [2.45, 2.75) is 6.18 Å². The number of hydrogen-bond donors (Lipinski definition) is 1. The fourth-order valence-corrected chi connectivity index (χ4v) is 1.33. The molecule has 0 aliphatic heterocycles. The summed E-state index contributed by atoms with van der Waals surface area (Å²) in [7, 11) is 1.37. The van der Waals surface area contributed by atoms with Crippen LogP contribution in [0.5, 0.6) is 0 Å². The molecule has 90 valence electrons. The highest BCUT2D eigenvalue weighted by Gasteiger charge is 2.34. The molecule has 0 spiro atoms. The molecule has 5 nitrogen and oxygen atoms in total. The van der Waals surface area contributed by atoms with E-state index in [4.69, 9.17) is 0 Å². The van der Waals surface area contributed by atoms with Gasteiger partial charge in [-0.25, -0.2) is 4.98 Å². The minimum absolute atomic E-state index is 0.175. The third-order valence-electron chi connectivity index (χ3n) is 2.10. The van der Waals surface area contributed by atoms with E-state index in [1.165, 1.54) is 13.2 Å². The smallest absolute Gasteiger partial charge is 0.326 e. The summed E-state index contributed by atoms with van der Waals surface area (Å²) >= 11 is 0. The van der Waals surface area contributed by atoms with Crippen molar-refractivity contribution in [3.63, 3.8) is 0 Å². The van der Waals surface area contributed by atoms with Crippen LogP contribution >= 0.6 is 0 Å². The number of rotatable bonds is 1. The van der Waals surface area contributed by atoms with E-state index in [0.717, 1.165) is 16.9 Å². The fourth-order valence-electron chi connectivity index (χ4n) is 1.33. The molecule has 0 saturated carbocycles. The molecule has 0 aliphatic carbocycles. The molecule has 1 N–H and O–H groups in total. The second-order valence-corrected chi connectivity index (χ2v) is 3.33. The largest absolute Gasteiger partial charge is 0.435 e. The Kier molecular flexibility index (Phi) is 2.49. The maximum Gasteiger partial charge on any atom is 0.435 e. The summed E-state index contributed by atoms with van der Waals surface area (Å²) < 4.78 is 38.3. The molecule has 2 rings (SSSR count). The van der Waals surface area contributed by atoms with Gasteiger partial charge in [-0.05, 0) is 6.07 Å². The van der Waals surface area contributed by atoms with Crippen molar-refractivity contribution < 1.29 is 13.2 Å². The predicted molar refractivity (Wildman–Crippen MR) is 52.1 cm³/mol. The van der Waals surface area contributed by atoms with E-state index in [1.807, 2.05) is 0 Å². The molecule has 0 unspecified atom stereocenters. The molecule has 2 aromatic rings. The lowest BCUT2D eigenvalue weighted by Crippen LogP contribution is -2.06. The number of aromatic amines is 1. The predicted octanol–water partition coefficient (Wildman–Crippen LogP) is 1.19. The van der Waals surface area contributed by atoms with E-state index in [2.05, 4.69) is 15.1 Å². The van der Waals surface area contributed by atoms with Crippen LogP contribution in [0.1, 0.15) is 5.69 Å². The molecule has 0 amide bonds. The first-order chi connectivity index (χ1) is 7.88. The summed E-state index contributed by atoms with van der Waals surface area (Å²) in [4.78, 5) is 16.8. The van der Waals surface area contributed by atoms with Gasteiger partial charge in [0.1, 0.15) is 5.69 Å². The number of aryl methyl sites for hydroxylation is 1. The van der Waals surface area contributed by atoms with Gasteiger partial charge in [0.05, 0.1) is 11.9 Å². The van der Waals surface area contributed by atoms with Gasteiger partial charge < -0.3 is 4.98 Å². The average Bonchev–Trinajstić information content (AvgIpc) is 2.61. The first-order valence-corrected chi connectivity index (χ1v) is 4.54. The summed E-state index contributed by atoms with van der Waals surface area (Å²) in [6.07, 6.45) is -2.27. The minimum atomic E-state index is -4.50. The number of nitrogens with one attached hydrogen (secondary N) is 1. The zero-order valence-corrected chi connectivity index (χ0v) is 8.62. The third kappa shape index (κ3) is 2.19. The van der Waals surface area contributed by atoms with E-state index in [9.17, 15) is 18.0 Å². The Hall–Kier alpha value is -2.12. The van der Waals surface area contributed by atoms with Gasteiger partial charge in [-0.1, -0.05) is 0 Å². The Bertz CT molecular complexity index is 579. The number of H-pyrrole nitrogens is 1. The van der Waals surface area contributed by atoms with E-state index >= 15 is 0 Å². The Balaban J connectivity index is 2.50. The van der Waals surface area contributed by atoms with Crippen molar-refractivity contribution in [1.82, 2.24) is 19.7 Å². The van der Waals surface area contributed by atoms with Gasteiger partial charge in [-0.2, -0.15) is 18.3 Å². The van der Waals surface area contributed by atoms with Crippen molar-refractivity contribution in [2.75, 3.05) is 0 Å². The molecular weight excluding hydrogens is 237 g/mol. The van der Waals surface area contributed by atoms with E-state index < -0.39 is 17.4 Å². The van der Waals surface area contributed by atoms with Gasteiger partial charge in [0.25, 0.3) is 5.56 Å². The fraction of sp³-hybridized carbons (Fsp3) is 0.222. The average molecular weight is 244 g/mol. The Morgan fingerprint density at radius 1 is 1.41 bits per heavy atom. The van der Waals surface area contributed by atoms with Crippen molar-refractivity contribution in [3.8, 4) is 11.4 Å². The summed E-state index contributed by atoms with van der Waals surface area (Å²) in [5.74, 6) is 0. The molecule has 0 bridgehead atoms. The Labute approximate surface area is 92.9 Å². The van der Waals surface area contributed by atoms with Crippen LogP contribution in [0.3, 0.4) is 0 Å². The van der Waals surface area contributed by atoms with Gasteiger partial charge in [-0.3, -0.25) is 9.48 Å². The molecule has 0 aromatic carbocycles. The first kappa shape index (κ1) is 11.4. The highest BCUT2D eigenvalue weighted by atomic mass is 19.4. The second-order valence-electron chi connectivity index (χ2n) is 3.33. The molecule has 0 aliphatic rings. The van der Waals surface area contributed by atoms with Crippen molar-refractivity contribution in [1.29, 1.82) is 0 Å². The third-order valence-corrected chi connectivity index (χ3v) is 2.10. The first-order valence-electron chi connectivity index (χ1n) is 4.54. The van der Waals surface area contributed by atoms with Crippen LogP contribution < -0.4 is 5.56 Å². The monoisotopic (exact) mass is 244 g/mol. The van der Waals surface area contributed by atoms with E-state index in [1.54, 1.807) is 0 Å². The molecule has 8 heteroatoms. The number of hydrogen-bond acceptors (Lipinski definition) is 3. The van der Waals surface area contributed by atoms with Crippen LogP contribution in [0.4, 0.5) is 13.2 Å². The Morgan fingerprint density at radius 3 is 2.59 bits per heavy atom. The van der Waals surface area contributed by atoms with E-state index in [-0.39, 0.29) is 11.4 Å². The maximum absolute atomic E-state index is 12.4. The summed E-state index contributed by atoms with van der Waals surface area (Å²) in [5, 5.41) is 3.34. The maximum atomic E-state index is 12.4. The van der Waals surface area contributed by atoms with Crippen LogP contribution in [0.15, 0.2) is 23.3 Å². The minimum Gasteiger partial charge on any atom is -0.326 e. The lowest BCUT2D eigenvalue weighted by atomic mass is 10.3. The lowest BCUT2D eigenvalue weighted by molar-refractivity contribution is -0.141. The SMILES string of the molecule is Cn1nc(C(F)(F)F)cc1-c1c[nH]c(=O)cn1. The molecule has 0 saturated heterocycles. The number of halogens is 3. The van der Waals surface area contributed by atoms with Crippen LogP contribution in [0, 0.1) is 0 Å². The molecule has 2 heterocycles. The van der Waals surface area contributed by atoms with Crippen LogP contribution in [0.2, 0.25) is 0 Å². The summed E-state index contributed by atoms with van der Waals surface area (Å²) in [5.41, 5.74) is -1.03.